The van der Waals surface area contributed by atoms with E-state index in [1.54, 1.807) is 11.3 Å². The molecule has 0 spiro atoms. The Labute approximate surface area is 137 Å². The average molecular weight is 315 g/mol. The van der Waals surface area contributed by atoms with Crippen LogP contribution in [0.2, 0.25) is 0 Å². The number of thiophene rings is 1. The van der Waals surface area contributed by atoms with Crippen molar-refractivity contribution in [3.8, 4) is 21.8 Å². The Morgan fingerprint density at radius 1 is 0.870 bits per heavy atom. The Morgan fingerprint density at radius 2 is 1.70 bits per heavy atom. The van der Waals surface area contributed by atoms with Gasteiger partial charge in [-0.2, -0.15) is 5.10 Å². The molecule has 5 aromatic rings. The van der Waals surface area contributed by atoms with Gasteiger partial charge in [0.1, 0.15) is 4.88 Å². The molecule has 3 aromatic heterocycles. The van der Waals surface area contributed by atoms with Crippen LogP contribution in [0.25, 0.3) is 32.9 Å². The van der Waals surface area contributed by atoms with Crippen molar-refractivity contribution < 1.29 is 4.63 Å². The third-order valence-corrected chi connectivity index (χ3v) is 4.95. The topological polar surface area (TPSA) is 22.6 Å². The average Bonchev–Trinajstić information content (AvgIpc) is 3.31. The lowest BCUT2D eigenvalue weighted by Gasteiger charge is -2.01. The second-order valence-electron chi connectivity index (χ2n) is 5.45. The number of nitrogens with zero attached hydrogens (tertiary/aromatic N) is 3. The van der Waals surface area contributed by atoms with Crippen molar-refractivity contribution in [2.24, 2.45) is 0 Å². The molecule has 0 saturated heterocycles. The molecule has 0 saturated carbocycles. The van der Waals surface area contributed by atoms with E-state index in [0.717, 1.165) is 22.4 Å². The highest BCUT2D eigenvalue weighted by Crippen LogP contribution is 2.28. The molecule has 0 atom stereocenters. The predicted molar refractivity (Wildman–Crippen MR) is 92.6 cm³/mol. The van der Waals surface area contributed by atoms with E-state index in [1.807, 2.05) is 16.8 Å². The fourth-order valence-corrected chi connectivity index (χ4v) is 3.75. The van der Waals surface area contributed by atoms with Crippen LogP contribution in [0.15, 0.2) is 78.2 Å². The first-order valence-corrected chi connectivity index (χ1v) is 8.38. The minimum Gasteiger partial charge on any atom is -0.217 e. The molecular formula is C19H13N3S. The van der Waals surface area contributed by atoms with Crippen LogP contribution in [0.1, 0.15) is 0 Å². The number of para-hydroxylation sites is 1. The van der Waals surface area contributed by atoms with Crippen molar-refractivity contribution >= 4 is 22.4 Å². The Kier molecular flexibility index (Phi) is 2.66. The molecule has 110 valence electrons. The zero-order valence-corrected chi connectivity index (χ0v) is 13.1. The molecule has 0 aliphatic heterocycles. The molecule has 0 aliphatic rings. The molecule has 0 aliphatic carbocycles. The summed E-state index contributed by atoms with van der Waals surface area (Å²) >= 11 is 1.74. The van der Waals surface area contributed by atoms with Gasteiger partial charge in [0, 0.05) is 22.8 Å². The first kappa shape index (κ1) is 12.7. The highest BCUT2D eigenvalue weighted by Gasteiger charge is 2.18. The summed E-state index contributed by atoms with van der Waals surface area (Å²) in [5, 5.41) is 6.90. The summed E-state index contributed by atoms with van der Waals surface area (Å²) in [5.74, 6) is 0. The van der Waals surface area contributed by atoms with Crippen LogP contribution >= 0.6 is 11.3 Å². The zero-order valence-electron chi connectivity index (χ0n) is 12.3. The largest absolute Gasteiger partial charge is 0.243 e. The maximum absolute atomic E-state index is 4.80. The van der Waals surface area contributed by atoms with E-state index in [1.165, 1.54) is 10.4 Å². The standard InChI is InChI=1S/C19H13N3S/c1-2-7-14(8-3-1)17-13-18(19-11-6-12-23-19)22-20-15-9-4-5-10-16(15)21(17)22/h1-13H. The Hall–Kier alpha value is -2.85. The molecule has 4 heteroatoms. The molecular weight excluding hydrogens is 302 g/mol. The van der Waals surface area contributed by atoms with Gasteiger partial charge in [-0.1, -0.05) is 60.7 Å². The summed E-state index contributed by atoms with van der Waals surface area (Å²) < 4.78 is 4.21. The summed E-state index contributed by atoms with van der Waals surface area (Å²) in [7, 11) is 0. The summed E-state index contributed by atoms with van der Waals surface area (Å²) in [4.78, 5) is 1.22. The molecule has 3 nitrogen and oxygen atoms in total. The maximum atomic E-state index is 4.80. The number of hydrogen-bond donors (Lipinski definition) is 0. The van der Waals surface area contributed by atoms with E-state index in [9.17, 15) is 0 Å². The normalized spacial score (nSPS) is 11.5. The lowest BCUT2D eigenvalue weighted by atomic mass is 10.1. The van der Waals surface area contributed by atoms with Gasteiger partial charge in [-0.05, 0) is 17.0 Å². The SMILES string of the molecule is c1ccc(-c2cc(-c3cccs3)[n+]3[n-]c4ccccc4n23)cc1. The van der Waals surface area contributed by atoms with Crippen molar-refractivity contribution in [2.75, 3.05) is 0 Å². The molecule has 3 heterocycles. The van der Waals surface area contributed by atoms with Crippen LogP contribution in [-0.2, 0) is 0 Å². The molecule has 0 bridgehead atoms. The molecule has 0 amide bonds. The van der Waals surface area contributed by atoms with E-state index >= 15 is 0 Å². The third-order valence-electron chi connectivity index (χ3n) is 4.06. The molecule has 0 N–H and O–H groups in total. The second-order valence-corrected chi connectivity index (χ2v) is 6.40. The van der Waals surface area contributed by atoms with Crippen LogP contribution in [-0.4, -0.2) is 4.52 Å². The van der Waals surface area contributed by atoms with Gasteiger partial charge in [-0.3, -0.25) is 0 Å². The molecule has 0 unspecified atom stereocenters. The molecule has 2 aromatic carbocycles. The first-order chi connectivity index (χ1) is 11.4. The van der Waals surface area contributed by atoms with Crippen LogP contribution in [0, 0.1) is 0 Å². The van der Waals surface area contributed by atoms with Crippen LogP contribution in [0.4, 0.5) is 0 Å². The molecule has 23 heavy (non-hydrogen) atoms. The van der Waals surface area contributed by atoms with Gasteiger partial charge >= 0.3 is 0 Å². The van der Waals surface area contributed by atoms with Gasteiger partial charge in [0.2, 0.25) is 5.69 Å². The molecule has 0 radical (unpaired) electrons. The third kappa shape index (κ3) is 1.85. The van der Waals surface area contributed by atoms with Crippen LogP contribution < -0.4 is 9.73 Å². The molecule has 0 fully saturated rings. The summed E-state index contributed by atoms with van der Waals surface area (Å²) in [6.45, 7) is 0. The van der Waals surface area contributed by atoms with Gasteiger partial charge < -0.3 is 0 Å². The van der Waals surface area contributed by atoms with Crippen molar-refractivity contribution in [3.05, 3.63) is 78.2 Å². The lowest BCUT2D eigenvalue weighted by molar-refractivity contribution is -0.662. The quantitative estimate of drug-likeness (QED) is 0.451. The summed E-state index contributed by atoms with van der Waals surface area (Å²) in [6.07, 6.45) is 0. The lowest BCUT2D eigenvalue weighted by Crippen LogP contribution is -2.31. The monoisotopic (exact) mass is 315 g/mol. The van der Waals surface area contributed by atoms with E-state index in [-0.39, 0.29) is 0 Å². The van der Waals surface area contributed by atoms with Crippen LogP contribution in [0.5, 0.6) is 0 Å². The number of fused-ring (bicyclic) bond motifs is 3. The molecule has 5 rings (SSSR count). The minimum atomic E-state index is 1.00. The smallest absolute Gasteiger partial charge is 0.217 e. The Bertz CT molecular complexity index is 1100. The van der Waals surface area contributed by atoms with Crippen LogP contribution in [0.3, 0.4) is 0 Å². The van der Waals surface area contributed by atoms with Gasteiger partial charge in [0.05, 0.1) is 0 Å². The first-order valence-electron chi connectivity index (χ1n) is 7.50. The number of rotatable bonds is 2. The Balaban J connectivity index is 1.94. The minimum absolute atomic E-state index is 1.00. The van der Waals surface area contributed by atoms with E-state index in [2.05, 4.69) is 70.6 Å². The van der Waals surface area contributed by atoms with Crippen molar-refractivity contribution in [1.82, 2.24) is 9.61 Å². The van der Waals surface area contributed by atoms with Gasteiger partial charge in [0.25, 0.3) is 0 Å². The predicted octanol–water partition coefficient (Wildman–Crippen LogP) is 4.03. The number of benzene rings is 2. The van der Waals surface area contributed by atoms with Crippen molar-refractivity contribution in [1.29, 1.82) is 0 Å². The van der Waals surface area contributed by atoms with Crippen molar-refractivity contribution in [2.45, 2.75) is 0 Å². The fraction of sp³-hybridized carbons (Fsp3) is 0. The Morgan fingerprint density at radius 3 is 2.52 bits per heavy atom. The van der Waals surface area contributed by atoms with Gasteiger partial charge in [-0.15, -0.1) is 16.0 Å². The van der Waals surface area contributed by atoms with Crippen molar-refractivity contribution in [3.63, 3.8) is 0 Å². The fourth-order valence-electron chi connectivity index (χ4n) is 3.03. The van der Waals surface area contributed by atoms with Gasteiger partial charge in [0.15, 0.2) is 0 Å². The number of aromatic nitrogens is 3. The van der Waals surface area contributed by atoms with E-state index in [4.69, 9.17) is 5.10 Å². The highest BCUT2D eigenvalue weighted by molar-refractivity contribution is 7.13. The van der Waals surface area contributed by atoms with E-state index < -0.39 is 0 Å². The second kappa shape index (κ2) is 4.83. The van der Waals surface area contributed by atoms with Gasteiger partial charge in [-0.25, -0.2) is 4.52 Å². The van der Waals surface area contributed by atoms with E-state index in [0.29, 0.717) is 0 Å². The summed E-state index contributed by atoms with van der Waals surface area (Å²) in [6, 6.07) is 25.2. The summed E-state index contributed by atoms with van der Waals surface area (Å²) in [5.41, 5.74) is 5.59. The highest BCUT2D eigenvalue weighted by atomic mass is 32.1. The number of hydrogen-bond acceptors (Lipinski definition) is 1. The maximum Gasteiger partial charge on any atom is 0.243 e. The zero-order chi connectivity index (χ0) is 15.2.